The van der Waals surface area contributed by atoms with E-state index in [4.69, 9.17) is 0 Å². The quantitative estimate of drug-likeness (QED) is 0.119. The van der Waals surface area contributed by atoms with Crippen LogP contribution in [0, 0.1) is 0 Å². The summed E-state index contributed by atoms with van der Waals surface area (Å²) in [7, 11) is 0. The van der Waals surface area contributed by atoms with Gasteiger partial charge in [0.15, 0.2) is 0 Å². The van der Waals surface area contributed by atoms with E-state index in [2.05, 4.69) is 419 Å². The lowest BCUT2D eigenvalue weighted by Crippen LogP contribution is -2.61. The highest BCUT2D eigenvalue weighted by Crippen LogP contribution is 2.61. The number of nitrogens with zero attached hydrogens (tertiary/aromatic N) is 2. The Labute approximate surface area is 616 Å². The number of para-hydroxylation sites is 2. The van der Waals surface area contributed by atoms with Gasteiger partial charge in [0.25, 0.3) is 6.71 Å². The van der Waals surface area contributed by atoms with Gasteiger partial charge in [-0.1, -0.05) is 379 Å². The van der Waals surface area contributed by atoms with Crippen molar-refractivity contribution in [1.29, 1.82) is 0 Å². The smallest absolute Gasteiger partial charge is 0.252 e. The Morgan fingerprint density at radius 1 is 0.238 bits per heavy atom. The fraction of sp³-hybridized carbons (Fsp3) is 0.0588. The summed E-state index contributed by atoms with van der Waals surface area (Å²) in [5.74, 6) is 0. The Morgan fingerprint density at radius 2 is 0.562 bits per heavy atom. The topological polar surface area (TPSA) is 6.48 Å². The molecule has 2 aliphatic heterocycles. The van der Waals surface area contributed by atoms with Crippen molar-refractivity contribution in [3.8, 4) is 77.9 Å². The maximum absolute atomic E-state index is 2.69. The molecule has 105 heavy (non-hydrogen) atoms. The van der Waals surface area contributed by atoms with Gasteiger partial charge < -0.3 is 9.80 Å². The monoisotopic (exact) mass is 1340 g/mol. The standard InChI is InChI=1S/C102H73BN2/c1-100(2,3)77-66-94-98-95(67-77)105(99-81(69-36-13-5-14-37-69)53-31-54-82(99)70-38-15-6-16-39-70)93-63-61-72(80-52-33-58-88-97(80)84-50-26-29-56-86(84)102(88,75-44-21-9-22-45-75)76-46-23-10-24-47-76)65-90(93)103(98)89-64-71(60-62-92(89)104(94)91-59-30-27-48-78(91)68-34-11-4-12-35-68)79-51-32-57-87-96(79)83-49-25-28-55-85(83)101(87,73-40-17-7-18-41-73)74-42-19-8-20-43-74/h4-67H,1-3H3. The molecule has 0 saturated heterocycles. The molecule has 0 N–H and O–H groups in total. The van der Waals surface area contributed by atoms with Gasteiger partial charge in [-0.3, -0.25) is 0 Å². The largest absolute Gasteiger partial charge is 0.311 e. The van der Waals surface area contributed by atoms with Gasteiger partial charge in [0.1, 0.15) is 0 Å². The molecule has 2 aliphatic carbocycles. The van der Waals surface area contributed by atoms with E-state index in [1.165, 1.54) is 117 Å². The third kappa shape index (κ3) is 9.37. The number of hydrogen-bond acceptors (Lipinski definition) is 2. The Hall–Kier alpha value is -12.8. The highest BCUT2D eigenvalue weighted by Gasteiger charge is 2.51. The van der Waals surface area contributed by atoms with Crippen molar-refractivity contribution in [1.82, 2.24) is 0 Å². The minimum Gasteiger partial charge on any atom is -0.311 e. The molecule has 16 aromatic rings. The van der Waals surface area contributed by atoms with Crippen LogP contribution in [0.5, 0.6) is 0 Å². The van der Waals surface area contributed by atoms with Crippen LogP contribution in [0.3, 0.4) is 0 Å². The molecule has 2 nitrogen and oxygen atoms in total. The first-order valence-corrected chi connectivity index (χ1v) is 36.9. The van der Waals surface area contributed by atoms with Crippen LogP contribution in [0.15, 0.2) is 388 Å². The van der Waals surface area contributed by atoms with Gasteiger partial charge in [-0.2, -0.15) is 0 Å². The Morgan fingerprint density at radius 3 is 0.990 bits per heavy atom. The summed E-state index contributed by atoms with van der Waals surface area (Å²) in [5, 5.41) is 0. The molecule has 0 bridgehead atoms. The van der Waals surface area contributed by atoms with E-state index in [0.717, 1.165) is 61.8 Å². The lowest BCUT2D eigenvalue weighted by Gasteiger charge is -2.46. The zero-order chi connectivity index (χ0) is 70.0. The highest BCUT2D eigenvalue weighted by atomic mass is 15.2. The van der Waals surface area contributed by atoms with E-state index in [0.29, 0.717) is 0 Å². The van der Waals surface area contributed by atoms with Gasteiger partial charge in [0.05, 0.1) is 22.2 Å². The first-order chi connectivity index (χ1) is 51.8. The first kappa shape index (κ1) is 62.0. The van der Waals surface area contributed by atoms with Crippen LogP contribution in [0.4, 0.5) is 34.1 Å². The number of benzene rings is 16. The zero-order valence-electron chi connectivity index (χ0n) is 58.9. The van der Waals surface area contributed by atoms with Crippen molar-refractivity contribution in [3.63, 3.8) is 0 Å². The van der Waals surface area contributed by atoms with E-state index in [1.54, 1.807) is 0 Å². The average Bonchev–Trinajstić information content (AvgIpc) is 1.70. The molecule has 16 aromatic carbocycles. The van der Waals surface area contributed by atoms with E-state index >= 15 is 0 Å². The molecule has 0 amide bonds. The van der Waals surface area contributed by atoms with Crippen molar-refractivity contribution in [2.24, 2.45) is 0 Å². The first-order valence-electron chi connectivity index (χ1n) is 36.9. The molecule has 0 spiro atoms. The molecule has 0 aromatic heterocycles. The second kappa shape index (κ2) is 24.4. The molecule has 4 aliphatic rings. The molecule has 3 heteroatoms. The maximum Gasteiger partial charge on any atom is 0.252 e. The van der Waals surface area contributed by atoms with E-state index < -0.39 is 10.8 Å². The lowest BCUT2D eigenvalue weighted by molar-refractivity contribution is 0.590. The number of fused-ring (bicyclic) bond motifs is 10. The SMILES string of the molecule is CC(C)(C)c1cc2c3c(c1)N(c1c(-c4ccccc4)cccc1-c1ccccc1)c1ccc(-c4cccc5c4-c4ccccc4C5(c4ccccc4)c4ccccc4)cc1B3c1cc(-c3cccc4c3-c3ccccc3C4(c3ccccc3)c3ccccc3)ccc1N2c1ccccc1-c1ccccc1. The Balaban J connectivity index is 0.917. The molecule has 0 radical (unpaired) electrons. The fourth-order valence-corrected chi connectivity index (χ4v) is 18.8. The van der Waals surface area contributed by atoms with Crippen LogP contribution in [-0.2, 0) is 16.2 Å². The Bertz CT molecular complexity index is 5930. The molecule has 2 heterocycles. The number of rotatable bonds is 11. The summed E-state index contributed by atoms with van der Waals surface area (Å²) < 4.78 is 0. The third-order valence-corrected chi connectivity index (χ3v) is 23.2. The van der Waals surface area contributed by atoms with Crippen LogP contribution in [0.25, 0.3) is 77.9 Å². The zero-order valence-corrected chi connectivity index (χ0v) is 58.9. The molecule has 20 rings (SSSR count). The van der Waals surface area contributed by atoms with Gasteiger partial charge >= 0.3 is 0 Å². The minimum atomic E-state index is -0.582. The van der Waals surface area contributed by atoms with Gasteiger partial charge in [-0.05, 0) is 163 Å². The summed E-state index contributed by atoms with van der Waals surface area (Å²) >= 11 is 0. The van der Waals surface area contributed by atoms with Crippen molar-refractivity contribution in [2.75, 3.05) is 9.80 Å². The summed E-state index contributed by atoms with van der Waals surface area (Å²) in [5.41, 5.74) is 37.3. The fourth-order valence-electron chi connectivity index (χ4n) is 18.8. The third-order valence-electron chi connectivity index (χ3n) is 23.2. The summed E-state index contributed by atoms with van der Waals surface area (Å²) in [6.07, 6.45) is 0. The molecule has 0 unspecified atom stereocenters. The normalized spacial score (nSPS) is 13.8. The number of hydrogen-bond donors (Lipinski definition) is 0. The van der Waals surface area contributed by atoms with E-state index in [-0.39, 0.29) is 12.1 Å². The predicted molar refractivity (Wildman–Crippen MR) is 441 cm³/mol. The van der Waals surface area contributed by atoms with Crippen molar-refractivity contribution in [3.05, 3.63) is 438 Å². The molecule has 0 fully saturated rings. The van der Waals surface area contributed by atoms with Crippen molar-refractivity contribution >= 4 is 57.2 Å². The average molecular weight is 1340 g/mol. The van der Waals surface area contributed by atoms with E-state index in [1.807, 2.05) is 0 Å². The van der Waals surface area contributed by atoms with E-state index in [9.17, 15) is 0 Å². The van der Waals surface area contributed by atoms with Gasteiger partial charge in [0, 0.05) is 39.4 Å². The van der Waals surface area contributed by atoms with Gasteiger partial charge in [-0.25, -0.2) is 0 Å². The van der Waals surface area contributed by atoms with Crippen LogP contribution >= 0.6 is 0 Å². The summed E-state index contributed by atoms with van der Waals surface area (Å²) in [4.78, 5) is 5.34. The maximum atomic E-state index is 2.69. The molecule has 0 atom stereocenters. The summed E-state index contributed by atoms with van der Waals surface area (Å²) in [6, 6.07) is 147. The lowest BCUT2D eigenvalue weighted by atomic mass is 9.33. The van der Waals surface area contributed by atoms with Crippen LogP contribution in [0.2, 0.25) is 0 Å². The second-order valence-electron chi connectivity index (χ2n) is 29.7. The highest BCUT2D eigenvalue weighted by molar-refractivity contribution is 7.00. The Kier molecular flexibility index (Phi) is 14.4. The van der Waals surface area contributed by atoms with Crippen LogP contribution < -0.4 is 26.2 Å². The summed E-state index contributed by atoms with van der Waals surface area (Å²) in [6.45, 7) is 6.87. The minimum absolute atomic E-state index is 0.274. The van der Waals surface area contributed by atoms with Gasteiger partial charge in [0.2, 0.25) is 0 Å². The van der Waals surface area contributed by atoms with Crippen molar-refractivity contribution in [2.45, 2.75) is 37.0 Å². The van der Waals surface area contributed by atoms with Gasteiger partial charge in [-0.15, -0.1) is 0 Å². The predicted octanol–water partition coefficient (Wildman–Crippen LogP) is 24.1. The number of anilines is 6. The second-order valence-corrected chi connectivity index (χ2v) is 29.7. The molecular weight excluding hydrogens is 1260 g/mol. The molecule has 0 saturated carbocycles. The van der Waals surface area contributed by atoms with Crippen molar-refractivity contribution < 1.29 is 0 Å². The molecular formula is C102H73BN2. The van der Waals surface area contributed by atoms with Crippen LogP contribution in [-0.4, -0.2) is 6.71 Å². The van der Waals surface area contributed by atoms with Crippen LogP contribution in [0.1, 0.15) is 70.8 Å². The molecule has 494 valence electrons.